The Kier molecular flexibility index (Phi) is 5.58. The summed E-state index contributed by atoms with van der Waals surface area (Å²) >= 11 is 0. The van der Waals surface area contributed by atoms with E-state index in [4.69, 9.17) is 0 Å². The molecule has 0 heterocycles. The van der Waals surface area contributed by atoms with Crippen molar-refractivity contribution in [1.29, 1.82) is 0 Å². The first kappa shape index (κ1) is 15.8. The third-order valence-electron chi connectivity index (χ3n) is 3.93. The van der Waals surface area contributed by atoms with E-state index in [1.807, 2.05) is 6.07 Å². The first-order valence-electron chi connectivity index (χ1n) is 7.87. The zero-order valence-electron chi connectivity index (χ0n) is 13.3. The molecule has 1 heteroatoms. The van der Waals surface area contributed by atoms with Crippen LogP contribution in [-0.2, 0) is 12.8 Å². The molecule has 0 fully saturated rings. The minimum Gasteiger partial charge on any atom is -0.388 e. The molecule has 2 rings (SSSR count). The number of rotatable bonds is 6. The second-order valence-corrected chi connectivity index (χ2v) is 6.32. The Hall–Kier alpha value is -1.60. The van der Waals surface area contributed by atoms with Crippen molar-refractivity contribution in [2.75, 3.05) is 0 Å². The van der Waals surface area contributed by atoms with Crippen molar-refractivity contribution in [3.8, 4) is 0 Å². The Morgan fingerprint density at radius 1 is 1.00 bits per heavy atom. The Labute approximate surface area is 128 Å². The summed E-state index contributed by atoms with van der Waals surface area (Å²) < 4.78 is 0. The fraction of sp³-hybridized carbons (Fsp3) is 0.400. The molecule has 0 spiro atoms. The highest BCUT2D eigenvalue weighted by Gasteiger charge is 2.09. The van der Waals surface area contributed by atoms with Gasteiger partial charge in [0.2, 0.25) is 0 Å². The highest BCUT2D eigenvalue weighted by Crippen LogP contribution is 2.22. The summed E-state index contributed by atoms with van der Waals surface area (Å²) in [6.07, 6.45) is 2.38. The van der Waals surface area contributed by atoms with Gasteiger partial charge in [0.1, 0.15) is 0 Å². The Morgan fingerprint density at radius 2 is 1.76 bits per heavy atom. The van der Waals surface area contributed by atoms with Crippen molar-refractivity contribution in [2.45, 2.75) is 46.1 Å². The highest BCUT2D eigenvalue weighted by atomic mass is 16.3. The standard InChI is InChI=1S/C20H26O/c1-15(2)13-17-8-6-10-19(14-17)20(21)12-11-18-9-5-4-7-16(18)3/h4-10,14-15,20-21H,11-13H2,1-3H3. The van der Waals surface area contributed by atoms with Gasteiger partial charge in [-0.05, 0) is 54.4 Å². The molecule has 0 saturated heterocycles. The molecule has 0 aliphatic carbocycles. The summed E-state index contributed by atoms with van der Waals surface area (Å²) in [5, 5.41) is 10.4. The quantitative estimate of drug-likeness (QED) is 0.802. The van der Waals surface area contributed by atoms with Crippen LogP contribution in [0.25, 0.3) is 0 Å². The van der Waals surface area contributed by atoms with Gasteiger partial charge in [0.05, 0.1) is 6.10 Å². The van der Waals surface area contributed by atoms with Crippen LogP contribution in [0.2, 0.25) is 0 Å². The predicted octanol–water partition coefficient (Wildman–Crippen LogP) is 4.86. The summed E-state index contributed by atoms with van der Waals surface area (Å²) in [5.41, 5.74) is 4.99. The SMILES string of the molecule is Cc1ccccc1CCC(O)c1cccc(CC(C)C)c1. The average molecular weight is 282 g/mol. The minimum absolute atomic E-state index is 0.378. The number of aliphatic hydroxyl groups excluding tert-OH is 1. The molecule has 0 amide bonds. The van der Waals surface area contributed by atoms with Crippen molar-refractivity contribution >= 4 is 0 Å². The molecule has 0 bridgehead atoms. The molecule has 1 N–H and O–H groups in total. The lowest BCUT2D eigenvalue weighted by Crippen LogP contribution is -2.02. The van der Waals surface area contributed by atoms with Gasteiger partial charge in [0, 0.05) is 0 Å². The molecule has 1 nitrogen and oxygen atoms in total. The fourth-order valence-electron chi connectivity index (χ4n) is 2.75. The Bertz CT molecular complexity index is 572. The third kappa shape index (κ3) is 4.71. The lowest BCUT2D eigenvalue weighted by molar-refractivity contribution is 0.167. The van der Waals surface area contributed by atoms with E-state index in [9.17, 15) is 5.11 Å². The van der Waals surface area contributed by atoms with Crippen LogP contribution >= 0.6 is 0 Å². The van der Waals surface area contributed by atoms with Crippen LogP contribution in [-0.4, -0.2) is 5.11 Å². The van der Waals surface area contributed by atoms with Gasteiger partial charge in [-0.3, -0.25) is 0 Å². The van der Waals surface area contributed by atoms with Gasteiger partial charge in [-0.2, -0.15) is 0 Å². The van der Waals surface area contributed by atoms with Gasteiger partial charge in [0.25, 0.3) is 0 Å². The first-order valence-corrected chi connectivity index (χ1v) is 7.87. The normalized spacial score (nSPS) is 12.6. The molecule has 2 aromatic carbocycles. The maximum atomic E-state index is 10.4. The molecule has 0 aliphatic rings. The molecule has 21 heavy (non-hydrogen) atoms. The van der Waals surface area contributed by atoms with E-state index in [1.165, 1.54) is 16.7 Å². The van der Waals surface area contributed by atoms with E-state index in [0.717, 1.165) is 24.8 Å². The molecule has 0 aliphatic heterocycles. The summed E-state index contributed by atoms with van der Waals surface area (Å²) in [5.74, 6) is 0.643. The van der Waals surface area contributed by atoms with Crippen LogP contribution in [0.4, 0.5) is 0 Å². The smallest absolute Gasteiger partial charge is 0.0793 e. The lowest BCUT2D eigenvalue weighted by atomic mass is 9.95. The number of aryl methyl sites for hydroxylation is 2. The minimum atomic E-state index is -0.378. The van der Waals surface area contributed by atoms with Crippen LogP contribution in [0.1, 0.15) is 48.6 Å². The van der Waals surface area contributed by atoms with Crippen molar-refractivity contribution in [3.63, 3.8) is 0 Å². The number of hydrogen-bond donors (Lipinski definition) is 1. The van der Waals surface area contributed by atoms with E-state index >= 15 is 0 Å². The van der Waals surface area contributed by atoms with Crippen LogP contribution in [0.15, 0.2) is 48.5 Å². The van der Waals surface area contributed by atoms with Gasteiger partial charge in [0.15, 0.2) is 0 Å². The number of hydrogen-bond acceptors (Lipinski definition) is 1. The maximum absolute atomic E-state index is 10.4. The van der Waals surface area contributed by atoms with Gasteiger partial charge >= 0.3 is 0 Å². The van der Waals surface area contributed by atoms with Crippen LogP contribution in [0, 0.1) is 12.8 Å². The largest absolute Gasteiger partial charge is 0.388 e. The molecule has 1 atom stereocenters. The molecule has 1 unspecified atom stereocenters. The van der Waals surface area contributed by atoms with E-state index in [-0.39, 0.29) is 6.10 Å². The highest BCUT2D eigenvalue weighted by molar-refractivity contribution is 5.28. The molecular formula is C20H26O. The monoisotopic (exact) mass is 282 g/mol. The molecule has 112 valence electrons. The zero-order valence-corrected chi connectivity index (χ0v) is 13.3. The second kappa shape index (κ2) is 7.42. The van der Waals surface area contributed by atoms with Crippen LogP contribution < -0.4 is 0 Å². The summed E-state index contributed by atoms with van der Waals surface area (Å²) in [4.78, 5) is 0. The van der Waals surface area contributed by atoms with E-state index in [1.54, 1.807) is 0 Å². The lowest BCUT2D eigenvalue weighted by Gasteiger charge is -2.14. The summed E-state index contributed by atoms with van der Waals surface area (Å²) in [6, 6.07) is 16.8. The Morgan fingerprint density at radius 3 is 2.48 bits per heavy atom. The summed E-state index contributed by atoms with van der Waals surface area (Å²) in [6.45, 7) is 6.58. The first-order chi connectivity index (χ1) is 10.1. The topological polar surface area (TPSA) is 20.2 Å². The molecular weight excluding hydrogens is 256 g/mol. The second-order valence-electron chi connectivity index (χ2n) is 6.32. The zero-order chi connectivity index (χ0) is 15.2. The van der Waals surface area contributed by atoms with Gasteiger partial charge in [-0.25, -0.2) is 0 Å². The van der Waals surface area contributed by atoms with E-state index < -0.39 is 0 Å². The van der Waals surface area contributed by atoms with Gasteiger partial charge in [-0.1, -0.05) is 62.4 Å². The van der Waals surface area contributed by atoms with E-state index in [2.05, 4.69) is 63.2 Å². The fourth-order valence-corrected chi connectivity index (χ4v) is 2.75. The van der Waals surface area contributed by atoms with Crippen molar-refractivity contribution in [3.05, 3.63) is 70.8 Å². The summed E-state index contributed by atoms with van der Waals surface area (Å²) in [7, 11) is 0. The molecule has 2 aromatic rings. The van der Waals surface area contributed by atoms with Gasteiger partial charge < -0.3 is 5.11 Å². The van der Waals surface area contributed by atoms with Crippen LogP contribution in [0.3, 0.4) is 0 Å². The third-order valence-corrected chi connectivity index (χ3v) is 3.93. The number of aliphatic hydroxyl groups is 1. The molecule has 0 aromatic heterocycles. The van der Waals surface area contributed by atoms with Crippen molar-refractivity contribution in [2.24, 2.45) is 5.92 Å². The van der Waals surface area contributed by atoms with Crippen LogP contribution in [0.5, 0.6) is 0 Å². The predicted molar refractivity (Wildman–Crippen MR) is 89.4 cm³/mol. The number of benzene rings is 2. The molecule has 0 radical (unpaired) electrons. The average Bonchev–Trinajstić information content (AvgIpc) is 2.45. The van der Waals surface area contributed by atoms with E-state index in [0.29, 0.717) is 5.92 Å². The molecule has 0 saturated carbocycles. The van der Waals surface area contributed by atoms with Crippen molar-refractivity contribution < 1.29 is 5.11 Å². The van der Waals surface area contributed by atoms with Gasteiger partial charge in [-0.15, -0.1) is 0 Å². The maximum Gasteiger partial charge on any atom is 0.0793 e. The van der Waals surface area contributed by atoms with Crippen molar-refractivity contribution in [1.82, 2.24) is 0 Å². The Balaban J connectivity index is 2.00.